The van der Waals surface area contributed by atoms with Crippen molar-refractivity contribution in [2.45, 2.75) is 0 Å². The first-order chi connectivity index (χ1) is 9.13. The third kappa shape index (κ3) is 2.59. The van der Waals surface area contributed by atoms with Crippen LogP contribution in [0.2, 0.25) is 0 Å². The molecule has 19 heavy (non-hydrogen) atoms. The molecular weight excluding hydrogens is 266 g/mol. The Kier molecular flexibility index (Phi) is 3.54. The predicted molar refractivity (Wildman–Crippen MR) is 70.1 cm³/mol. The molecule has 0 aliphatic rings. The second-order valence-electron chi connectivity index (χ2n) is 3.50. The van der Waals surface area contributed by atoms with Crippen LogP contribution in [0.25, 0.3) is 0 Å². The summed E-state index contributed by atoms with van der Waals surface area (Å²) in [5.41, 5.74) is 0.0248. The van der Waals surface area contributed by atoms with Crippen LogP contribution in [0.15, 0.2) is 35.7 Å². The fourth-order valence-corrected chi connectivity index (χ4v) is 2.22. The van der Waals surface area contributed by atoms with Crippen LogP contribution in [0.5, 0.6) is 0 Å². The van der Waals surface area contributed by atoms with Crippen molar-refractivity contribution < 1.29 is 9.72 Å². The van der Waals surface area contributed by atoms with Crippen LogP contribution in [-0.2, 0) is 0 Å². The third-order valence-electron chi connectivity index (χ3n) is 2.36. The number of anilines is 1. The van der Waals surface area contributed by atoms with Crippen LogP contribution in [0.3, 0.4) is 0 Å². The maximum Gasteiger partial charge on any atom is 0.282 e. The summed E-state index contributed by atoms with van der Waals surface area (Å²) in [5, 5.41) is 24.2. The summed E-state index contributed by atoms with van der Waals surface area (Å²) in [6, 6.07) is 9.16. The number of nitro benzene ring substituents is 1. The number of para-hydroxylation sites is 1. The van der Waals surface area contributed by atoms with Crippen LogP contribution >= 0.6 is 11.3 Å². The fourth-order valence-electron chi connectivity index (χ4n) is 1.49. The summed E-state index contributed by atoms with van der Waals surface area (Å²) >= 11 is 1.19. The van der Waals surface area contributed by atoms with Crippen LogP contribution in [0.1, 0.15) is 15.9 Å². The zero-order chi connectivity index (χ0) is 13.8. The number of nitro groups is 1. The summed E-state index contributed by atoms with van der Waals surface area (Å²) in [7, 11) is 0. The van der Waals surface area contributed by atoms with Gasteiger partial charge < -0.3 is 5.32 Å². The van der Waals surface area contributed by atoms with Crippen LogP contribution < -0.4 is 5.32 Å². The van der Waals surface area contributed by atoms with Crippen molar-refractivity contribution in [3.63, 3.8) is 0 Å². The Morgan fingerprint density at radius 3 is 2.79 bits per heavy atom. The summed E-state index contributed by atoms with van der Waals surface area (Å²) in [6.45, 7) is 0. The fraction of sp³-hybridized carbons (Fsp3) is 0. The molecule has 0 unspecified atom stereocenters. The lowest BCUT2D eigenvalue weighted by atomic mass is 10.1. The van der Waals surface area contributed by atoms with Gasteiger partial charge in [-0.15, -0.1) is 11.3 Å². The van der Waals surface area contributed by atoms with Gasteiger partial charge in [0, 0.05) is 6.07 Å². The van der Waals surface area contributed by atoms with Gasteiger partial charge >= 0.3 is 0 Å². The molecule has 0 saturated heterocycles. The molecule has 0 aliphatic heterocycles. The minimum Gasteiger partial charge on any atom is -0.312 e. The quantitative estimate of drug-likeness (QED) is 0.686. The van der Waals surface area contributed by atoms with Crippen molar-refractivity contribution in [2.75, 3.05) is 5.32 Å². The van der Waals surface area contributed by atoms with Gasteiger partial charge in [-0.1, -0.05) is 12.1 Å². The maximum atomic E-state index is 12.0. The molecule has 0 saturated carbocycles. The van der Waals surface area contributed by atoms with E-state index in [9.17, 15) is 14.9 Å². The topological polar surface area (TPSA) is 96.0 Å². The predicted octanol–water partition coefficient (Wildman–Crippen LogP) is 2.78. The lowest BCUT2D eigenvalue weighted by Crippen LogP contribution is -2.13. The van der Waals surface area contributed by atoms with Gasteiger partial charge in [0.25, 0.3) is 11.6 Å². The highest BCUT2D eigenvalue weighted by Crippen LogP contribution is 2.25. The Bertz CT molecular complexity index is 688. The number of carbonyl (C=O) groups excluding carboxylic acids is 1. The van der Waals surface area contributed by atoms with E-state index in [1.165, 1.54) is 29.5 Å². The molecule has 6 nitrogen and oxygen atoms in total. The average Bonchev–Trinajstić information content (AvgIpc) is 2.85. The Labute approximate surface area is 112 Å². The summed E-state index contributed by atoms with van der Waals surface area (Å²) in [6.07, 6.45) is 0. The maximum absolute atomic E-state index is 12.0. The molecule has 2 rings (SSSR count). The van der Waals surface area contributed by atoms with E-state index in [0.29, 0.717) is 10.6 Å². The first-order valence-electron chi connectivity index (χ1n) is 5.16. The van der Waals surface area contributed by atoms with Crippen molar-refractivity contribution in [2.24, 2.45) is 0 Å². The van der Waals surface area contributed by atoms with Gasteiger partial charge in [0.2, 0.25) is 0 Å². The van der Waals surface area contributed by atoms with Gasteiger partial charge in [-0.05, 0) is 17.5 Å². The van der Waals surface area contributed by atoms with E-state index < -0.39 is 10.8 Å². The first kappa shape index (κ1) is 12.7. The number of hydrogen-bond acceptors (Lipinski definition) is 5. The second-order valence-corrected chi connectivity index (χ2v) is 4.42. The van der Waals surface area contributed by atoms with Crippen LogP contribution in [0.4, 0.5) is 10.7 Å². The van der Waals surface area contributed by atoms with Crippen molar-refractivity contribution in [3.05, 3.63) is 57.0 Å². The van der Waals surface area contributed by atoms with Gasteiger partial charge in [-0.2, -0.15) is 5.26 Å². The number of benzene rings is 1. The van der Waals surface area contributed by atoms with Gasteiger partial charge in [-0.25, -0.2) is 0 Å². The number of carbonyl (C=O) groups is 1. The minimum atomic E-state index is -0.617. The number of hydrogen-bond donors (Lipinski definition) is 1. The normalized spacial score (nSPS) is 9.63. The minimum absolute atomic E-state index is 0.0372. The molecular formula is C12H7N3O3S. The van der Waals surface area contributed by atoms with E-state index in [-0.39, 0.29) is 11.3 Å². The smallest absolute Gasteiger partial charge is 0.282 e. The molecule has 0 aliphatic carbocycles. The molecule has 0 atom stereocenters. The Morgan fingerprint density at radius 2 is 2.11 bits per heavy atom. The van der Waals surface area contributed by atoms with Crippen LogP contribution in [-0.4, -0.2) is 10.8 Å². The van der Waals surface area contributed by atoms with Crippen molar-refractivity contribution >= 4 is 27.9 Å². The lowest BCUT2D eigenvalue weighted by Gasteiger charge is -2.03. The van der Waals surface area contributed by atoms with Crippen molar-refractivity contribution in [1.29, 1.82) is 5.26 Å². The van der Waals surface area contributed by atoms with Gasteiger partial charge in [0.05, 0.1) is 10.5 Å². The van der Waals surface area contributed by atoms with E-state index in [1.807, 2.05) is 6.07 Å². The van der Waals surface area contributed by atoms with E-state index in [2.05, 4.69) is 5.32 Å². The van der Waals surface area contributed by atoms with E-state index in [0.717, 1.165) is 0 Å². The Morgan fingerprint density at radius 1 is 1.37 bits per heavy atom. The molecule has 0 bridgehead atoms. The van der Waals surface area contributed by atoms with Gasteiger partial charge in [-0.3, -0.25) is 14.9 Å². The van der Waals surface area contributed by atoms with E-state index in [4.69, 9.17) is 5.26 Å². The largest absolute Gasteiger partial charge is 0.312 e. The van der Waals surface area contributed by atoms with E-state index >= 15 is 0 Å². The molecule has 7 heteroatoms. The molecule has 0 fully saturated rings. The molecule has 1 N–H and O–H groups in total. The van der Waals surface area contributed by atoms with Gasteiger partial charge in [0.1, 0.15) is 16.6 Å². The monoisotopic (exact) mass is 273 g/mol. The highest BCUT2D eigenvalue weighted by molar-refractivity contribution is 7.14. The Hall–Kier alpha value is -2.72. The van der Waals surface area contributed by atoms with Crippen molar-refractivity contribution in [1.82, 2.24) is 0 Å². The zero-order valence-electron chi connectivity index (χ0n) is 9.49. The first-order valence-corrected chi connectivity index (χ1v) is 6.04. The number of nitriles is 1. The molecule has 2 aromatic rings. The lowest BCUT2D eigenvalue weighted by molar-refractivity contribution is -0.385. The molecule has 1 heterocycles. The molecule has 0 radical (unpaired) electrons. The standard InChI is InChI=1S/C12H7N3O3S/c13-7-8-5-6-19-12(8)14-11(16)9-3-1-2-4-10(9)15(17)18/h1-6H,(H,14,16). The molecule has 1 aromatic heterocycles. The highest BCUT2D eigenvalue weighted by atomic mass is 32.1. The summed E-state index contributed by atoms with van der Waals surface area (Å²) in [5.74, 6) is -0.605. The zero-order valence-corrected chi connectivity index (χ0v) is 10.3. The van der Waals surface area contributed by atoms with Gasteiger partial charge in [0.15, 0.2) is 0 Å². The number of amides is 1. The summed E-state index contributed by atoms with van der Waals surface area (Å²) in [4.78, 5) is 22.2. The highest BCUT2D eigenvalue weighted by Gasteiger charge is 2.20. The molecule has 0 spiro atoms. The molecule has 1 amide bonds. The average molecular weight is 273 g/mol. The van der Waals surface area contributed by atoms with Crippen molar-refractivity contribution in [3.8, 4) is 6.07 Å². The SMILES string of the molecule is N#Cc1ccsc1NC(=O)c1ccccc1[N+](=O)[O-]. The summed E-state index contributed by atoms with van der Waals surface area (Å²) < 4.78 is 0. The molecule has 94 valence electrons. The number of nitrogens with zero attached hydrogens (tertiary/aromatic N) is 2. The van der Waals surface area contributed by atoms with E-state index in [1.54, 1.807) is 17.5 Å². The Balaban J connectivity index is 2.31. The molecule has 1 aromatic carbocycles. The number of nitrogens with one attached hydrogen (secondary N) is 1. The number of thiophene rings is 1. The third-order valence-corrected chi connectivity index (χ3v) is 3.19. The second kappa shape index (κ2) is 5.29. The van der Waals surface area contributed by atoms with Crippen LogP contribution in [0, 0.1) is 21.4 Å². The number of rotatable bonds is 3.